The number of rotatable bonds is 3. The first kappa shape index (κ1) is 22.7. The van der Waals surface area contributed by atoms with Gasteiger partial charge in [-0.1, -0.05) is 84.9 Å². The number of para-hydroxylation sites is 3. The number of fused-ring (bicyclic) bond motifs is 11. The molecular formula is C36H23N4P. The Kier molecular flexibility index (Phi) is 4.84. The first-order valence-electron chi connectivity index (χ1n) is 13.8. The number of hydrogen-bond acceptors (Lipinski definition) is 2. The summed E-state index contributed by atoms with van der Waals surface area (Å²) >= 11 is 0. The highest BCUT2D eigenvalue weighted by Gasteiger charge is 2.23. The van der Waals surface area contributed by atoms with Crippen LogP contribution < -0.4 is 10.6 Å². The molecule has 9 aromatic rings. The summed E-state index contributed by atoms with van der Waals surface area (Å²) in [6, 6.07) is 45.9. The Balaban J connectivity index is 1.38. The topological polar surface area (TPSA) is 35.1 Å². The third kappa shape index (κ3) is 3.26. The van der Waals surface area contributed by atoms with Crippen molar-refractivity contribution in [2.75, 3.05) is 0 Å². The Hall–Kier alpha value is -5.05. The van der Waals surface area contributed by atoms with E-state index in [1.807, 2.05) is 12.4 Å². The van der Waals surface area contributed by atoms with E-state index >= 15 is 0 Å². The molecule has 9 rings (SSSR count). The second-order valence-corrected chi connectivity index (χ2v) is 12.4. The fraction of sp³-hybridized carbons (Fsp3) is 0. The van der Waals surface area contributed by atoms with Crippen molar-refractivity contribution in [2.24, 2.45) is 0 Å². The van der Waals surface area contributed by atoms with Crippen molar-refractivity contribution < 1.29 is 0 Å². The number of imidazole rings is 1. The lowest BCUT2D eigenvalue weighted by molar-refractivity contribution is 1.31. The maximum absolute atomic E-state index is 5.29. The van der Waals surface area contributed by atoms with Gasteiger partial charge in [-0.15, -0.1) is 0 Å². The highest BCUT2D eigenvalue weighted by atomic mass is 31.1. The Morgan fingerprint density at radius 1 is 0.463 bits per heavy atom. The smallest absolute Gasteiger partial charge is 0.146 e. The summed E-state index contributed by atoms with van der Waals surface area (Å²) in [6.45, 7) is 0. The van der Waals surface area contributed by atoms with Crippen molar-refractivity contribution in [3.05, 3.63) is 140 Å². The van der Waals surface area contributed by atoms with Crippen LogP contribution in [0.4, 0.5) is 0 Å². The van der Waals surface area contributed by atoms with Gasteiger partial charge in [-0.3, -0.25) is 9.38 Å². The third-order valence-corrected chi connectivity index (χ3v) is 10.5. The summed E-state index contributed by atoms with van der Waals surface area (Å²) in [5.41, 5.74) is 6.78. The largest absolute Gasteiger partial charge is 0.310 e. The van der Waals surface area contributed by atoms with Crippen molar-refractivity contribution in [3.8, 4) is 0 Å². The minimum absolute atomic E-state index is 0.953. The monoisotopic (exact) mass is 542 g/mol. The summed E-state index contributed by atoms with van der Waals surface area (Å²) in [5, 5.41) is 8.69. The minimum atomic E-state index is -0.953. The molecule has 4 heterocycles. The van der Waals surface area contributed by atoms with Crippen molar-refractivity contribution in [2.45, 2.75) is 0 Å². The number of benzene rings is 5. The van der Waals surface area contributed by atoms with E-state index in [1.165, 1.54) is 54.1 Å². The van der Waals surface area contributed by atoms with Gasteiger partial charge in [0.2, 0.25) is 0 Å². The van der Waals surface area contributed by atoms with E-state index in [2.05, 4.69) is 141 Å². The van der Waals surface area contributed by atoms with E-state index in [9.17, 15) is 0 Å². The Labute approximate surface area is 236 Å². The molecule has 0 radical (unpaired) electrons. The molecule has 0 fully saturated rings. The number of pyridine rings is 2. The van der Waals surface area contributed by atoms with E-state index in [-0.39, 0.29) is 0 Å². The maximum Gasteiger partial charge on any atom is 0.146 e. The average molecular weight is 543 g/mol. The van der Waals surface area contributed by atoms with Gasteiger partial charge >= 0.3 is 0 Å². The molecule has 4 nitrogen and oxygen atoms in total. The number of hydrogen-bond donors (Lipinski definition) is 0. The van der Waals surface area contributed by atoms with Crippen LogP contribution in [0.1, 0.15) is 0 Å². The first-order chi connectivity index (χ1) is 20.4. The molecule has 0 saturated heterocycles. The molecule has 0 aliphatic rings. The van der Waals surface area contributed by atoms with Gasteiger partial charge in [0.15, 0.2) is 0 Å². The number of aromatic nitrogens is 4. The van der Waals surface area contributed by atoms with Gasteiger partial charge < -0.3 is 4.34 Å². The second kappa shape index (κ2) is 8.72. The van der Waals surface area contributed by atoms with E-state index in [0.29, 0.717) is 0 Å². The molecule has 0 saturated carbocycles. The van der Waals surface area contributed by atoms with Crippen LogP contribution in [0.25, 0.3) is 60.2 Å². The SMILES string of the molecule is c1ccc2c(c1)c1ccccc1n1c3ccc(P(c4ccncc4)n4c5ccccc5c5ccccc54)cc3nc21. The van der Waals surface area contributed by atoms with Crippen LogP contribution in [-0.4, -0.2) is 18.7 Å². The summed E-state index contributed by atoms with van der Waals surface area (Å²) < 4.78 is 4.86. The van der Waals surface area contributed by atoms with E-state index in [4.69, 9.17) is 4.98 Å². The molecule has 0 aliphatic carbocycles. The Bertz CT molecular complexity index is 2390. The molecule has 0 spiro atoms. The molecule has 0 N–H and O–H groups in total. The molecule has 41 heavy (non-hydrogen) atoms. The van der Waals surface area contributed by atoms with Gasteiger partial charge in [0, 0.05) is 44.5 Å². The van der Waals surface area contributed by atoms with Crippen LogP contribution in [0.15, 0.2) is 140 Å². The standard InChI is InChI=1S/C36H23N4P/c1-2-13-30-26(9-1)27-10-3-6-14-32(27)39-35-18-17-25(23-31(35)38-36(30)39)41(24-19-21-37-22-20-24)40-33-15-7-4-11-28(33)29-12-5-8-16-34(29)40/h1-23H. The minimum Gasteiger partial charge on any atom is -0.310 e. The molecule has 0 aliphatic heterocycles. The molecule has 5 aromatic carbocycles. The zero-order chi connectivity index (χ0) is 26.9. The summed E-state index contributed by atoms with van der Waals surface area (Å²) in [6.07, 6.45) is 3.81. The summed E-state index contributed by atoms with van der Waals surface area (Å²) in [5.74, 6) is 0. The lowest BCUT2D eigenvalue weighted by atomic mass is 10.1. The lowest BCUT2D eigenvalue weighted by Gasteiger charge is -2.22. The quantitative estimate of drug-likeness (QED) is 0.167. The Morgan fingerprint density at radius 3 is 1.71 bits per heavy atom. The van der Waals surface area contributed by atoms with Crippen LogP contribution in [0.3, 0.4) is 0 Å². The van der Waals surface area contributed by atoms with Gasteiger partial charge in [-0.25, -0.2) is 4.98 Å². The third-order valence-electron chi connectivity index (χ3n) is 8.15. The fourth-order valence-corrected chi connectivity index (χ4v) is 8.83. The predicted molar refractivity (Wildman–Crippen MR) is 173 cm³/mol. The molecule has 4 aromatic heterocycles. The Morgan fingerprint density at radius 2 is 1.02 bits per heavy atom. The summed E-state index contributed by atoms with van der Waals surface area (Å²) in [4.78, 5) is 9.64. The number of nitrogens with zero attached hydrogens (tertiary/aromatic N) is 4. The zero-order valence-electron chi connectivity index (χ0n) is 22.0. The van der Waals surface area contributed by atoms with Crippen LogP contribution in [0, 0.1) is 0 Å². The molecule has 0 amide bonds. The second-order valence-electron chi connectivity index (χ2n) is 10.4. The summed E-state index contributed by atoms with van der Waals surface area (Å²) in [7, 11) is -0.953. The molecular weight excluding hydrogens is 519 g/mol. The van der Waals surface area contributed by atoms with E-state index in [1.54, 1.807) is 0 Å². The highest BCUT2D eigenvalue weighted by molar-refractivity contribution is 7.72. The fourth-order valence-electron chi connectivity index (χ4n) is 6.42. The lowest BCUT2D eigenvalue weighted by Crippen LogP contribution is -2.17. The molecule has 1 atom stereocenters. The molecule has 192 valence electrons. The zero-order valence-corrected chi connectivity index (χ0v) is 22.9. The van der Waals surface area contributed by atoms with Crippen LogP contribution in [0.5, 0.6) is 0 Å². The van der Waals surface area contributed by atoms with E-state index < -0.39 is 8.07 Å². The highest BCUT2D eigenvalue weighted by Crippen LogP contribution is 2.45. The molecule has 1 unspecified atom stereocenters. The predicted octanol–water partition coefficient (Wildman–Crippen LogP) is 8.19. The van der Waals surface area contributed by atoms with Gasteiger partial charge in [0.1, 0.15) is 5.65 Å². The van der Waals surface area contributed by atoms with Crippen molar-refractivity contribution >= 4 is 78.8 Å². The van der Waals surface area contributed by atoms with E-state index in [0.717, 1.165) is 16.7 Å². The van der Waals surface area contributed by atoms with Gasteiger partial charge in [-0.05, 0) is 47.9 Å². The molecule has 5 heteroatoms. The van der Waals surface area contributed by atoms with Crippen molar-refractivity contribution in [1.82, 2.24) is 18.7 Å². The van der Waals surface area contributed by atoms with Crippen molar-refractivity contribution in [1.29, 1.82) is 0 Å². The van der Waals surface area contributed by atoms with Crippen molar-refractivity contribution in [3.63, 3.8) is 0 Å². The van der Waals surface area contributed by atoms with Gasteiger partial charge in [0.25, 0.3) is 0 Å². The first-order valence-corrected chi connectivity index (χ1v) is 15.1. The van der Waals surface area contributed by atoms with Crippen LogP contribution in [-0.2, 0) is 0 Å². The maximum atomic E-state index is 5.29. The van der Waals surface area contributed by atoms with Gasteiger partial charge in [0.05, 0.1) is 35.7 Å². The average Bonchev–Trinajstić information content (AvgIpc) is 3.59. The van der Waals surface area contributed by atoms with Crippen LogP contribution >= 0.6 is 8.07 Å². The molecule has 0 bridgehead atoms. The van der Waals surface area contributed by atoms with Gasteiger partial charge in [-0.2, -0.15) is 0 Å². The van der Waals surface area contributed by atoms with Crippen LogP contribution in [0.2, 0.25) is 0 Å². The normalized spacial score (nSPS) is 12.8.